The summed E-state index contributed by atoms with van der Waals surface area (Å²) in [6.07, 6.45) is 7.40. The largest absolute Gasteiger partial charge is 0.350 e. The molecule has 21 heavy (non-hydrogen) atoms. The molecule has 1 saturated heterocycles. The van der Waals surface area contributed by atoms with Crippen molar-refractivity contribution in [1.82, 2.24) is 35.0 Å². The van der Waals surface area contributed by atoms with Crippen molar-refractivity contribution in [2.75, 3.05) is 11.4 Å². The monoisotopic (exact) mass is 284 g/mol. The van der Waals surface area contributed by atoms with Gasteiger partial charge in [0.15, 0.2) is 11.5 Å². The van der Waals surface area contributed by atoms with Gasteiger partial charge >= 0.3 is 0 Å². The van der Waals surface area contributed by atoms with Crippen LogP contribution in [0.3, 0.4) is 0 Å². The molecule has 1 aliphatic rings. The maximum atomic E-state index is 4.52. The Hall–Kier alpha value is -2.51. The first kappa shape index (κ1) is 12.2. The predicted molar refractivity (Wildman–Crippen MR) is 75.8 cm³/mol. The van der Waals surface area contributed by atoms with Crippen LogP contribution in [0.4, 0.5) is 5.82 Å². The highest BCUT2D eigenvalue weighted by Crippen LogP contribution is 2.24. The highest BCUT2D eigenvalue weighted by Gasteiger charge is 2.24. The average Bonchev–Trinajstić information content (AvgIpc) is 3.18. The van der Waals surface area contributed by atoms with E-state index >= 15 is 0 Å². The fraction of sp³-hybridized carbons (Fsp3) is 0.462. The summed E-state index contributed by atoms with van der Waals surface area (Å²) in [7, 11) is 0. The quantitative estimate of drug-likeness (QED) is 0.707. The fourth-order valence-electron chi connectivity index (χ4n) is 2.91. The summed E-state index contributed by atoms with van der Waals surface area (Å²) >= 11 is 0. The van der Waals surface area contributed by atoms with E-state index in [1.165, 1.54) is 17.5 Å². The molecule has 0 radical (unpaired) electrons. The summed E-state index contributed by atoms with van der Waals surface area (Å²) in [6, 6.07) is 6.26. The maximum absolute atomic E-state index is 4.52. The van der Waals surface area contributed by atoms with Gasteiger partial charge < -0.3 is 4.90 Å². The second kappa shape index (κ2) is 5.12. The van der Waals surface area contributed by atoms with Crippen molar-refractivity contribution in [1.29, 1.82) is 0 Å². The van der Waals surface area contributed by atoms with Crippen molar-refractivity contribution in [3.05, 3.63) is 30.6 Å². The van der Waals surface area contributed by atoms with Gasteiger partial charge in [0.1, 0.15) is 0 Å². The summed E-state index contributed by atoms with van der Waals surface area (Å²) in [6.45, 7) is 1.88. The van der Waals surface area contributed by atoms with Gasteiger partial charge in [-0.3, -0.25) is 4.68 Å². The van der Waals surface area contributed by atoms with Gasteiger partial charge in [0.2, 0.25) is 0 Å². The molecule has 0 aromatic carbocycles. The van der Waals surface area contributed by atoms with Gasteiger partial charge in [0, 0.05) is 18.9 Å². The van der Waals surface area contributed by atoms with Crippen LogP contribution in [-0.4, -0.2) is 47.6 Å². The molecule has 0 unspecified atom stereocenters. The van der Waals surface area contributed by atoms with Gasteiger partial charge in [-0.25, -0.2) is 0 Å². The van der Waals surface area contributed by atoms with Crippen LogP contribution < -0.4 is 4.90 Å². The van der Waals surface area contributed by atoms with E-state index in [4.69, 9.17) is 0 Å². The number of anilines is 1. The molecule has 4 heterocycles. The van der Waals surface area contributed by atoms with Crippen LogP contribution in [0, 0.1) is 0 Å². The molecular weight excluding hydrogens is 268 g/mol. The minimum Gasteiger partial charge on any atom is -0.350 e. The molecule has 8 nitrogen and oxygen atoms in total. The standard InChI is InChI=1S/C13H16N8/c1-2-9-20(11(4-1)10-19-8-3-7-14-19)13-6-5-12-15-17-18-21(12)16-13/h3,5-8,11H,1-2,4,9-10H2/t11-/m0/s1. The van der Waals surface area contributed by atoms with Crippen LogP contribution in [0.2, 0.25) is 0 Å². The number of nitrogens with zero attached hydrogens (tertiary/aromatic N) is 8. The lowest BCUT2D eigenvalue weighted by molar-refractivity contribution is 0.395. The lowest BCUT2D eigenvalue weighted by Crippen LogP contribution is -2.43. The Morgan fingerprint density at radius 2 is 2.24 bits per heavy atom. The van der Waals surface area contributed by atoms with Gasteiger partial charge in [0.25, 0.3) is 0 Å². The van der Waals surface area contributed by atoms with E-state index in [0.29, 0.717) is 11.7 Å². The van der Waals surface area contributed by atoms with Crippen molar-refractivity contribution in [3.8, 4) is 0 Å². The lowest BCUT2D eigenvalue weighted by atomic mass is 10.0. The number of hydrogen-bond donors (Lipinski definition) is 0. The second-order valence-corrected chi connectivity index (χ2v) is 5.29. The molecule has 3 aromatic rings. The summed E-state index contributed by atoms with van der Waals surface area (Å²) in [5, 5.41) is 20.2. The molecule has 108 valence electrons. The Bertz CT molecular complexity index is 719. The highest BCUT2D eigenvalue weighted by atomic mass is 15.6. The van der Waals surface area contributed by atoms with E-state index in [9.17, 15) is 0 Å². The summed E-state index contributed by atoms with van der Waals surface area (Å²) < 4.78 is 3.47. The summed E-state index contributed by atoms with van der Waals surface area (Å²) in [4.78, 5) is 2.34. The Labute approximate surface area is 121 Å². The number of piperidine rings is 1. The topological polar surface area (TPSA) is 77.0 Å². The molecular formula is C13H16N8. The second-order valence-electron chi connectivity index (χ2n) is 5.29. The fourth-order valence-corrected chi connectivity index (χ4v) is 2.91. The van der Waals surface area contributed by atoms with Gasteiger partial charge in [-0.1, -0.05) is 0 Å². The molecule has 0 N–H and O–H groups in total. The van der Waals surface area contributed by atoms with Crippen molar-refractivity contribution in [2.24, 2.45) is 0 Å². The molecule has 0 amide bonds. The smallest absolute Gasteiger partial charge is 0.200 e. The van der Waals surface area contributed by atoms with Gasteiger partial charge in [-0.2, -0.15) is 5.10 Å². The zero-order valence-corrected chi connectivity index (χ0v) is 11.6. The minimum absolute atomic E-state index is 0.403. The predicted octanol–water partition coefficient (Wildman–Crippen LogP) is 0.775. The van der Waals surface area contributed by atoms with Crippen LogP contribution in [0.5, 0.6) is 0 Å². The third kappa shape index (κ3) is 2.32. The first-order chi connectivity index (χ1) is 10.4. The molecule has 4 rings (SSSR count). The zero-order valence-electron chi connectivity index (χ0n) is 11.6. The molecule has 3 aromatic heterocycles. The van der Waals surface area contributed by atoms with Crippen LogP contribution in [0.15, 0.2) is 30.6 Å². The molecule has 1 fully saturated rings. The van der Waals surface area contributed by atoms with Gasteiger partial charge in [-0.05, 0) is 47.9 Å². The van der Waals surface area contributed by atoms with Crippen LogP contribution in [-0.2, 0) is 6.54 Å². The van der Waals surface area contributed by atoms with Crippen molar-refractivity contribution in [3.63, 3.8) is 0 Å². The SMILES string of the molecule is c1cnn(C[C@@H]2CCCCN2c2ccc3nnnn3n2)c1. The third-order valence-electron chi connectivity index (χ3n) is 3.93. The van der Waals surface area contributed by atoms with E-state index in [2.05, 4.69) is 30.6 Å². The van der Waals surface area contributed by atoms with E-state index in [1.807, 2.05) is 35.3 Å². The first-order valence-corrected chi connectivity index (χ1v) is 7.20. The average molecular weight is 284 g/mol. The molecule has 1 atom stereocenters. The van der Waals surface area contributed by atoms with Crippen LogP contribution in [0.25, 0.3) is 5.65 Å². The molecule has 0 spiro atoms. The molecule has 1 aliphatic heterocycles. The summed E-state index contributed by atoms with van der Waals surface area (Å²) in [5.41, 5.74) is 0.666. The Morgan fingerprint density at radius 3 is 3.14 bits per heavy atom. The molecule has 8 heteroatoms. The van der Waals surface area contributed by atoms with Crippen LogP contribution in [0.1, 0.15) is 19.3 Å². The molecule has 0 bridgehead atoms. The number of hydrogen-bond acceptors (Lipinski definition) is 6. The zero-order chi connectivity index (χ0) is 14.1. The first-order valence-electron chi connectivity index (χ1n) is 7.20. The maximum Gasteiger partial charge on any atom is 0.200 e. The minimum atomic E-state index is 0.403. The lowest BCUT2D eigenvalue weighted by Gasteiger charge is -2.36. The van der Waals surface area contributed by atoms with E-state index < -0.39 is 0 Å². The van der Waals surface area contributed by atoms with Gasteiger partial charge in [-0.15, -0.1) is 14.8 Å². The van der Waals surface area contributed by atoms with Gasteiger partial charge in [0.05, 0.1) is 12.6 Å². The Kier molecular flexibility index (Phi) is 2.98. The normalized spacial score (nSPS) is 19.2. The number of rotatable bonds is 3. The molecule has 0 aliphatic carbocycles. The van der Waals surface area contributed by atoms with E-state index in [0.717, 1.165) is 25.3 Å². The third-order valence-corrected chi connectivity index (χ3v) is 3.93. The van der Waals surface area contributed by atoms with Crippen molar-refractivity contribution < 1.29 is 0 Å². The Morgan fingerprint density at radius 1 is 1.24 bits per heavy atom. The van der Waals surface area contributed by atoms with E-state index in [1.54, 1.807) is 0 Å². The molecule has 0 saturated carbocycles. The number of aromatic nitrogens is 7. The van der Waals surface area contributed by atoms with Crippen molar-refractivity contribution >= 4 is 11.5 Å². The van der Waals surface area contributed by atoms with E-state index in [-0.39, 0.29) is 0 Å². The number of fused-ring (bicyclic) bond motifs is 1. The summed E-state index contributed by atoms with van der Waals surface area (Å²) in [5.74, 6) is 0.923. The highest BCUT2D eigenvalue weighted by molar-refractivity contribution is 5.45. The number of tetrazole rings is 1. The van der Waals surface area contributed by atoms with Crippen molar-refractivity contribution in [2.45, 2.75) is 31.8 Å². The van der Waals surface area contributed by atoms with Crippen LogP contribution >= 0.6 is 0 Å². The Balaban J connectivity index is 1.63.